The maximum atomic E-state index is 12.8. The van der Waals surface area contributed by atoms with Crippen molar-refractivity contribution in [2.75, 3.05) is 13.2 Å². The molecule has 0 aliphatic carbocycles. The van der Waals surface area contributed by atoms with E-state index in [1.54, 1.807) is 4.90 Å². The highest BCUT2D eigenvalue weighted by Crippen LogP contribution is 2.40. The number of hydrogen-bond acceptors (Lipinski definition) is 6. The third-order valence-electron chi connectivity index (χ3n) is 5.16. The summed E-state index contributed by atoms with van der Waals surface area (Å²) in [6, 6.07) is 9.34. The van der Waals surface area contributed by atoms with Gasteiger partial charge in [-0.05, 0) is 33.3 Å². The molecule has 0 aromatic heterocycles. The highest BCUT2D eigenvalue weighted by Gasteiger charge is 2.57. The quantitative estimate of drug-likeness (QED) is 0.790. The van der Waals surface area contributed by atoms with Crippen LogP contribution in [0.5, 0.6) is 0 Å². The fraction of sp³-hybridized carbons (Fsp3) is 0.650. The van der Waals surface area contributed by atoms with Crippen molar-refractivity contribution in [1.29, 1.82) is 0 Å². The van der Waals surface area contributed by atoms with Gasteiger partial charge in [-0.2, -0.15) is 0 Å². The second-order valence-corrected chi connectivity index (χ2v) is 8.19. The van der Waals surface area contributed by atoms with E-state index in [0.717, 1.165) is 5.56 Å². The second kappa shape index (κ2) is 6.74. The third kappa shape index (κ3) is 3.82. The molecular formula is C20H27NO6. The van der Waals surface area contributed by atoms with Gasteiger partial charge in [0.25, 0.3) is 0 Å². The van der Waals surface area contributed by atoms with Crippen molar-refractivity contribution in [2.45, 2.75) is 70.2 Å². The van der Waals surface area contributed by atoms with Crippen molar-refractivity contribution in [3.8, 4) is 0 Å². The summed E-state index contributed by atoms with van der Waals surface area (Å²) in [5.74, 6) is -1.45. The number of carbonyl (C=O) groups is 1. The van der Waals surface area contributed by atoms with Gasteiger partial charge in [0.1, 0.15) is 24.9 Å². The molecule has 3 aliphatic rings. The number of rotatable bonds is 2. The van der Waals surface area contributed by atoms with Crippen LogP contribution in [0, 0.1) is 0 Å². The Hall–Kier alpha value is -1.67. The van der Waals surface area contributed by atoms with Crippen LogP contribution in [0.3, 0.4) is 0 Å². The van der Waals surface area contributed by atoms with Crippen LogP contribution in [0.25, 0.3) is 0 Å². The van der Waals surface area contributed by atoms with Crippen molar-refractivity contribution in [2.24, 2.45) is 0 Å². The van der Waals surface area contributed by atoms with Gasteiger partial charge in [-0.3, -0.25) is 4.90 Å². The predicted octanol–water partition coefficient (Wildman–Crippen LogP) is 2.68. The molecule has 7 heteroatoms. The fourth-order valence-electron chi connectivity index (χ4n) is 4.00. The van der Waals surface area contributed by atoms with Gasteiger partial charge in [0.2, 0.25) is 0 Å². The van der Waals surface area contributed by atoms with E-state index >= 15 is 0 Å². The molecule has 1 amide bonds. The molecule has 0 N–H and O–H groups in total. The average Bonchev–Trinajstić information content (AvgIpc) is 2.93. The summed E-state index contributed by atoms with van der Waals surface area (Å²) in [5, 5.41) is 0. The summed E-state index contributed by atoms with van der Waals surface area (Å²) in [6.07, 6.45) is -1.24. The summed E-state index contributed by atoms with van der Waals surface area (Å²) in [6.45, 7) is 8.46. The van der Waals surface area contributed by atoms with Crippen LogP contribution in [0.15, 0.2) is 30.3 Å². The van der Waals surface area contributed by atoms with Crippen LogP contribution in [0.1, 0.15) is 33.3 Å². The van der Waals surface area contributed by atoms with E-state index in [0.29, 0.717) is 13.2 Å². The second-order valence-electron chi connectivity index (χ2n) is 8.19. The van der Waals surface area contributed by atoms with Gasteiger partial charge in [-0.1, -0.05) is 30.3 Å². The molecule has 27 heavy (non-hydrogen) atoms. The highest BCUT2D eigenvalue weighted by molar-refractivity contribution is 5.68. The molecule has 1 aromatic rings. The molecule has 0 saturated carbocycles. The summed E-state index contributed by atoms with van der Waals surface area (Å²) >= 11 is 0. The van der Waals surface area contributed by atoms with Gasteiger partial charge in [0.05, 0.1) is 19.2 Å². The van der Waals surface area contributed by atoms with Crippen molar-refractivity contribution in [1.82, 2.24) is 4.90 Å². The maximum absolute atomic E-state index is 12.8. The average molecular weight is 377 g/mol. The zero-order valence-corrected chi connectivity index (χ0v) is 16.2. The topological polar surface area (TPSA) is 66.5 Å². The lowest BCUT2D eigenvalue weighted by molar-refractivity contribution is -0.317. The van der Waals surface area contributed by atoms with E-state index < -0.39 is 17.7 Å². The lowest BCUT2D eigenvalue weighted by Crippen LogP contribution is -2.68. The molecule has 1 aromatic carbocycles. The zero-order valence-electron chi connectivity index (χ0n) is 16.2. The minimum atomic E-state index is -0.737. The Morgan fingerprint density at radius 2 is 1.78 bits per heavy atom. The van der Waals surface area contributed by atoms with Gasteiger partial charge >= 0.3 is 6.09 Å². The number of nitrogens with zero attached hydrogens (tertiary/aromatic N) is 1. The Morgan fingerprint density at radius 1 is 1.07 bits per heavy atom. The van der Waals surface area contributed by atoms with E-state index in [4.69, 9.17) is 23.7 Å². The summed E-state index contributed by atoms with van der Waals surface area (Å²) < 4.78 is 29.6. The van der Waals surface area contributed by atoms with Gasteiger partial charge in [0.15, 0.2) is 11.6 Å². The van der Waals surface area contributed by atoms with Crippen molar-refractivity contribution < 1.29 is 28.5 Å². The van der Waals surface area contributed by atoms with Crippen LogP contribution in [0.2, 0.25) is 0 Å². The highest BCUT2D eigenvalue weighted by atomic mass is 16.8. The summed E-state index contributed by atoms with van der Waals surface area (Å²) in [7, 11) is 0. The monoisotopic (exact) mass is 377 g/mol. The number of ether oxygens (including phenoxy) is 5. The predicted molar refractivity (Wildman–Crippen MR) is 95.9 cm³/mol. The van der Waals surface area contributed by atoms with Crippen LogP contribution in [-0.4, -0.2) is 60.1 Å². The van der Waals surface area contributed by atoms with Crippen molar-refractivity contribution >= 4 is 6.09 Å². The first-order chi connectivity index (χ1) is 12.7. The van der Waals surface area contributed by atoms with Crippen LogP contribution >= 0.6 is 0 Å². The molecule has 3 saturated heterocycles. The van der Waals surface area contributed by atoms with Crippen LogP contribution in [0.4, 0.5) is 4.79 Å². The Morgan fingerprint density at radius 3 is 2.52 bits per heavy atom. The molecule has 3 heterocycles. The molecule has 4 atom stereocenters. The molecule has 4 rings (SSSR count). The number of hydrogen-bond donors (Lipinski definition) is 0. The fourth-order valence-corrected chi connectivity index (χ4v) is 4.00. The van der Waals surface area contributed by atoms with Crippen molar-refractivity contribution in [3.63, 3.8) is 0 Å². The molecule has 0 bridgehead atoms. The van der Waals surface area contributed by atoms with Crippen LogP contribution < -0.4 is 0 Å². The van der Waals surface area contributed by atoms with Gasteiger partial charge < -0.3 is 23.7 Å². The number of carbonyl (C=O) groups excluding carboxylic acids is 1. The molecular weight excluding hydrogens is 350 g/mol. The van der Waals surface area contributed by atoms with Crippen molar-refractivity contribution in [3.05, 3.63) is 35.9 Å². The van der Waals surface area contributed by atoms with E-state index in [9.17, 15) is 4.79 Å². The van der Waals surface area contributed by atoms with E-state index in [1.165, 1.54) is 0 Å². The standard InChI is InChI=1S/C20H27NO6/c1-19(2)24-12-14-16(26-19)17-15(25-20(3,4)27-17)10-21(14)18(22)23-11-13-8-6-5-7-9-13/h5-9,14-17H,10-12H2,1-4H3/t14-,15-,16-,17-/m1/s1. The first kappa shape index (κ1) is 18.7. The molecule has 148 valence electrons. The maximum Gasteiger partial charge on any atom is 0.410 e. The smallest absolute Gasteiger partial charge is 0.410 e. The third-order valence-corrected chi connectivity index (χ3v) is 5.16. The number of fused-ring (bicyclic) bond motifs is 3. The van der Waals surface area contributed by atoms with E-state index in [1.807, 2.05) is 58.0 Å². The molecule has 0 radical (unpaired) electrons. The largest absolute Gasteiger partial charge is 0.445 e. The number of benzene rings is 1. The molecule has 3 aliphatic heterocycles. The van der Waals surface area contributed by atoms with Gasteiger partial charge in [0, 0.05) is 0 Å². The lowest BCUT2D eigenvalue weighted by Gasteiger charge is -2.50. The summed E-state index contributed by atoms with van der Waals surface area (Å²) in [5.41, 5.74) is 0.941. The SMILES string of the molecule is CC1(C)OC[C@@H]2[C@@H](O1)[C@@H]1OC(C)(C)O[C@@H]1CN2C(=O)OCc1ccccc1. The zero-order chi connectivity index (χ0) is 19.2. The number of likely N-dealkylation sites (tertiary alicyclic amines) is 1. The number of amides is 1. The molecule has 7 nitrogen and oxygen atoms in total. The Labute approximate surface area is 159 Å². The first-order valence-corrected chi connectivity index (χ1v) is 9.39. The summed E-state index contributed by atoms with van der Waals surface area (Å²) in [4.78, 5) is 14.5. The Balaban J connectivity index is 1.51. The van der Waals surface area contributed by atoms with E-state index in [-0.39, 0.29) is 31.0 Å². The van der Waals surface area contributed by atoms with E-state index in [2.05, 4.69) is 0 Å². The first-order valence-electron chi connectivity index (χ1n) is 9.39. The molecule has 0 spiro atoms. The normalized spacial score (nSPS) is 33.9. The molecule has 0 unspecified atom stereocenters. The Kier molecular flexibility index (Phi) is 4.66. The van der Waals surface area contributed by atoms with Gasteiger partial charge in [-0.25, -0.2) is 4.79 Å². The minimum Gasteiger partial charge on any atom is -0.445 e. The number of piperidine rings is 1. The van der Waals surface area contributed by atoms with Gasteiger partial charge in [-0.15, -0.1) is 0 Å². The lowest BCUT2D eigenvalue weighted by atomic mass is 9.93. The molecule has 3 fully saturated rings. The van der Waals surface area contributed by atoms with Crippen LogP contribution in [-0.2, 0) is 30.3 Å². The Bertz CT molecular complexity index is 691. The minimum absolute atomic E-state index is 0.220.